The van der Waals surface area contributed by atoms with Gasteiger partial charge in [0.15, 0.2) is 0 Å². The van der Waals surface area contributed by atoms with Crippen LogP contribution in [0.1, 0.15) is 26.3 Å². The highest BCUT2D eigenvalue weighted by molar-refractivity contribution is 5.82. The Kier molecular flexibility index (Phi) is 4.52. The highest BCUT2D eigenvalue weighted by atomic mass is 16.1. The minimum atomic E-state index is 0.639. The van der Waals surface area contributed by atoms with Gasteiger partial charge in [-0.1, -0.05) is 18.2 Å². The molecule has 0 aromatic heterocycles. The number of hydrogen-bond acceptors (Lipinski definition) is 3. The summed E-state index contributed by atoms with van der Waals surface area (Å²) in [6, 6.07) is 23.0. The number of aryl methyl sites for hydroxylation is 1. The first-order chi connectivity index (χ1) is 11.7. The van der Waals surface area contributed by atoms with Crippen molar-refractivity contribution in [3.63, 3.8) is 0 Å². The van der Waals surface area contributed by atoms with Gasteiger partial charge in [0.2, 0.25) is 0 Å². The SMILES string of the molecule is Cc1ccccc1N(c1ccc(C=O)cc1)c1ccc(C=O)cc1. The van der Waals surface area contributed by atoms with Crippen LogP contribution in [0.4, 0.5) is 17.1 Å². The van der Waals surface area contributed by atoms with E-state index < -0.39 is 0 Å². The van der Waals surface area contributed by atoms with Crippen LogP contribution in [-0.2, 0) is 0 Å². The Morgan fingerprint density at radius 1 is 0.667 bits per heavy atom. The van der Waals surface area contributed by atoms with Crippen LogP contribution in [0.15, 0.2) is 72.8 Å². The van der Waals surface area contributed by atoms with Crippen LogP contribution < -0.4 is 4.90 Å². The third-order valence-electron chi connectivity index (χ3n) is 3.93. The smallest absolute Gasteiger partial charge is 0.150 e. The second kappa shape index (κ2) is 6.92. The van der Waals surface area contributed by atoms with Crippen molar-refractivity contribution in [3.05, 3.63) is 89.5 Å². The lowest BCUT2D eigenvalue weighted by atomic mass is 10.1. The van der Waals surface area contributed by atoms with Gasteiger partial charge < -0.3 is 4.90 Å². The third kappa shape index (κ3) is 3.10. The van der Waals surface area contributed by atoms with Crippen molar-refractivity contribution in [2.75, 3.05) is 4.90 Å². The normalized spacial score (nSPS) is 10.2. The summed E-state index contributed by atoms with van der Waals surface area (Å²) in [6.45, 7) is 2.06. The number of hydrogen-bond donors (Lipinski definition) is 0. The van der Waals surface area contributed by atoms with E-state index in [1.807, 2.05) is 36.4 Å². The topological polar surface area (TPSA) is 37.4 Å². The van der Waals surface area contributed by atoms with Crippen molar-refractivity contribution in [1.29, 1.82) is 0 Å². The summed E-state index contributed by atoms with van der Waals surface area (Å²) >= 11 is 0. The van der Waals surface area contributed by atoms with Crippen molar-refractivity contribution in [2.45, 2.75) is 6.92 Å². The fourth-order valence-electron chi connectivity index (χ4n) is 2.65. The second-order valence-corrected chi connectivity index (χ2v) is 5.54. The maximum Gasteiger partial charge on any atom is 0.150 e. The Morgan fingerprint density at radius 3 is 1.54 bits per heavy atom. The van der Waals surface area contributed by atoms with Crippen molar-refractivity contribution < 1.29 is 9.59 Å². The van der Waals surface area contributed by atoms with E-state index in [1.165, 1.54) is 0 Å². The van der Waals surface area contributed by atoms with Crippen molar-refractivity contribution >= 4 is 29.6 Å². The van der Waals surface area contributed by atoms with E-state index >= 15 is 0 Å². The molecule has 0 aliphatic carbocycles. The number of benzene rings is 3. The van der Waals surface area contributed by atoms with Gasteiger partial charge in [-0.25, -0.2) is 0 Å². The molecular weight excluding hydrogens is 298 g/mol. The average Bonchev–Trinajstić information content (AvgIpc) is 2.64. The largest absolute Gasteiger partial charge is 0.310 e. The zero-order valence-corrected chi connectivity index (χ0v) is 13.3. The Balaban J connectivity index is 2.13. The molecule has 0 heterocycles. The summed E-state index contributed by atoms with van der Waals surface area (Å²) in [4.78, 5) is 23.9. The molecule has 0 spiro atoms. The minimum Gasteiger partial charge on any atom is -0.310 e. The number of nitrogens with zero attached hydrogens (tertiary/aromatic N) is 1. The molecule has 0 atom stereocenters. The van der Waals surface area contributed by atoms with E-state index in [1.54, 1.807) is 24.3 Å². The van der Waals surface area contributed by atoms with Crippen LogP contribution >= 0.6 is 0 Å². The van der Waals surface area contributed by atoms with Gasteiger partial charge in [0.25, 0.3) is 0 Å². The molecule has 0 bridgehead atoms. The molecule has 24 heavy (non-hydrogen) atoms. The van der Waals surface area contributed by atoms with Crippen LogP contribution in [0, 0.1) is 6.92 Å². The van der Waals surface area contributed by atoms with Gasteiger partial charge in [-0.15, -0.1) is 0 Å². The Morgan fingerprint density at radius 2 is 1.12 bits per heavy atom. The molecule has 0 saturated carbocycles. The highest BCUT2D eigenvalue weighted by Gasteiger charge is 2.14. The van der Waals surface area contributed by atoms with Gasteiger partial charge in [-0.05, 0) is 67.1 Å². The van der Waals surface area contributed by atoms with E-state index in [0.29, 0.717) is 11.1 Å². The van der Waals surface area contributed by atoms with Crippen molar-refractivity contribution in [1.82, 2.24) is 0 Å². The molecule has 0 N–H and O–H groups in total. The van der Waals surface area contributed by atoms with E-state index in [0.717, 1.165) is 35.2 Å². The first-order valence-electron chi connectivity index (χ1n) is 7.69. The lowest BCUT2D eigenvalue weighted by Crippen LogP contribution is -2.11. The van der Waals surface area contributed by atoms with E-state index in [4.69, 9.17) is 0 Å². The van der Waals surface area contributed by atoms with Crippen molar-refractivity contribution in [2.24, 2.45) is 0 Å². The molecule has 3 aromatic carbocycles. The predicted octanol–water partition coefficient (Wildman–Crippen LogP) is 5.09. The molecule has 118 valence electrons. The highest BCUT2D eigenvalue weighted by Crippen LogP contribution is 2.36. The predicted molar refractivity (Wildman–Crippen MR) is 96.6 cm³/mol. The zero-order valence-electron chi connectivity index (χ0n) is 13.3. The second-order valence-electron chi connectivity index (χ2n) is 5.54. The van der Waals surface area contributed by atoms with Crippen LogP contribution in [0.25, 0.3) is 0 Å². The van der Waals surface area contributed by atoms with Gasteiger partial charge in [0.05, 0.1) is 0 Å². The first kappa shape index (κ1) is 15.7. The molecule has 0 amide bonds. The summed E-state index contributed by atoms with van der Waals surface area (Å²) in [5, 5.41) is 0. The molecule has 0 saturated heterocycles. The van der Waals surface area contributed by atoms with Gasteiger partial charge in [-0.3, -0.25) is 9.59 Å². The fraction of sp³-hybridized carbons (Fsp3) is 0.0476. The van der Waals surface area contributed by atoms with Gasteiger partial charge in [0.1, 0.15) is 12.6 Å². The van der Waals surface area contributed by atoms with Crippen molar-refractivity contribution in [3.8, 4) is 0 Å². The molecule has 3 heteroatoms. The fourth-order valence-corrected chi connectivity index (χ4v) is 2.65. The summed E-state index contributed by atoms with van der Waals surface area (Å²) in [6.07, 6.45) is 1.67. The maximum absolute atomic E-state index is 10.9. The third-order valence-corrected chi connectivity index (χ3v) is 3.93. The van der Waals surface area contributed by atoms with Gasteiger partial charge in [0, 0.05) is 28.2 Å². The molecule has 3 aromatic rings. The first-order valence-corrected chi connectivity index (χ1v) is 7.69. The summed E-state index contributed by atoms with van der Waals surface area (Å²) in [5.41, 5.74) is 5.37. The molecule has 0 aliphatic heterocycles. The number of anilines is 3. The maximum atomic E-state index is 10.9. The minimum absolute atomic E-state index is 0.639. The number of carbonyl (C=O) groups is 2. The van der Waals surface area contributed by atoms with Gasteiger partial charge in [-0.2, -0.15) is 0 Å². The molecule has 0 unspecified atom stereocenters. The quantitative estimate of drug-likeness (QED) is 0.615. The Labute approximate surface area is 141 Å². The van der Waals surface area contributed by atoms with E-state index in [2.05, 4.69) is 24.0 Å². The summed E-state index contributed by atoms with van der Waals surface area (Å²) < 4.78 is 0. The number of carbonyl (C=O) groups excluding carboxylic acids is 2. The molecule has 3 rings (SSSR count). The summed E-state index contributed by atoms with van der Waals surface area (Å²) in [7, 11) is 0. The van der Waals surface area contributed by atoms with Crippen LogP contribution in [0.5, 0.6) is 0 Å². The van der Waals surface area contributed by atoms with Crippen LogP contribution in [0.3, 0.4) is 0 Å². The Hall–Kier alpha value is -3.20. The zero-order chi connectivity index (χ0) is 16.9. The molecule has 0 radical (unpaired) electrons. The lowest BCUT2D eigenvalue weighted by molar-refractivity contribution is 0.111. The van der Waals surface area contributed by atoms with E-state index in [-0.39, 0.29) is 0 Å². The Bertz CT molecular complexity index is 800. The average molecular weight is 315 g/mol. The molecular formula is C21H17NO2. The lowest BCUT2D eigenvalue weighted by Gasteiger charge is -2.27. The molecule has 0 fully saturated rings. The molecule has 0 aliphatic rings. The number of aldehydes is 2. The summed E-state index contributed by atoms with van der Waals surface area (Å²) in [5.74, 6) is 0. The standard InChI is InChI=1S/C21H17NO2/c1-16-4-2-3-5-21(16)22(19-10-6-17(14-23)7-11-19)20-12-8-18(15-24)9-13-20/h2-15H,1H3. The molecule has 3 nitrogen and oxygen atoms in total. The monoisotopic (exact) mass is 315 g/mol. The van der Waals surface area contributed by atoms with Gasteiger partial charge >= 0.3 is 0 Å². The van der Waals surface area contributed by atoms with E-state index in [9.17, 15) is 9.59 Å². The van der Waals surface area contributed by atoms with Crippen LogP contribution in [-0.4, -0.2) is 12.6 Å². The number of rotatable bonds is 5. The van der Waals surface area contributed by atoms with Crippen LogP contribution in [0.2, 0.25) is 0 Å². The number of para-hydroxylation sites is 1.